The molecule has 4 rings (SSSR count). The lowest BCUT2D eigenvalue weighted by atomic mass is 10.0. The highest BCUT2D eigenvalue weighted by molar-refractivity contribution is 5.79. The minimum absolute atomic E-state index is 0.0741. The summed E-state index contributed by atoms with van der Waals surface area (Å²) in [6.45, 7) is 5.27. The quantitative estimate of drug-likeness (QED) is 0.683. The van der Waals surface area contributed by atoms with Gasteiger partial charge in [0.05, 0.1) is 18.2 Å². The summed E-state index contributed by atoms with van der Waals surface area (Å²) in [6.07, 6.45) is 4.33. The summed E-state index contributed by atoms with van der Waals surface area (Å²) in [5, 5.41) is 2.91. The molecule has 0 bridgehead atoms. The van der Waals surface area contributed by atoms with E-state index in [9.17, 15) is 9.59 Å². The molecule has 1 unspecified atom stereocenters. The van der Waals surface area contributed by atoms with Crippen molar-refractivity contribution < 1.29 is 9.59 Å². The Hall–Kier alpha value is -3.19. The fraction of sp³-hybridized carbons (Fsp3) is 0.348. The first-order valence-corrected chi connectivity index (χ1v) is 10.3. The highest BCUT2D eigenvalue weighted by Gasteiger charge is 2.25. The van der Waals surface area contributed by atoms with Crippen LogP contribution in [0.25, 0.3) is 5.65 Å². The van der Waals surface area contributed by atoms with Crippen molar-refractivity contribution in [2.75, 3.05) is 26.2 Å². The summed E-state index contributed by atoms with van der Waals surface area (Å²) in [5.74, 6) is -0.0566. The van der Waals surface area contributed by atoms with Gasteiger partial charge in [-0.3, -0.25) is 14.5 Å². The molecule has 1 aliphatic rings. The van der Waals surface area contributed by atoms with Gasteiger partial charge in [-0.05, 0) is 17.7 Å². The lowest BCUT2D eigenvalue weighted by molar-refractivity contribution is -0.133. The third kappa shape index (κ3) is 4.86. The van der Waals surface area contributed by atoms with Crippen molar-refractivity contribution in [3.63, 3.8) is 0 Å². The summed E-state index contributed by atoms with van der Waals surface area (Å²) >= 11 is 0. The van der Waals surface area contributed by atoms with Crippen molar-refractivity contribution in [2.45, 2.75) is 25.9 Å². The van der Waals surface area contributed by atoms with Gasteiger partial charge < -0.3 is 14.6 Å². The highest BCUT2D eigenvalue weighted by atomic mass is 16.2. The zero-order chi connectivity index (χ0) is 20.9. The van der Waals surface area contributed by atoms with Gasteiger partial charge in [0.1, 0.15) is 5.65 Å². The number of piperazine rings is 1. The highest BCUT2D eigenvalue weighted by Crippen LogP contribution is 2.19. The van der Waals surface area contributed by atoms with Crippen LogP contribution in [0.5, 0.6) is 0 Å². The Balaban J connectivity index is 1.32. The number of carbonyl (C=O) groups excluding carboxylic acids is 2. The number of rotatable bonds is 6. The molecule has 0 radical (unpaired) electrons. The van der Waals surface area contributed by atoms with E-state index >= 15 is 0 Å². The van der Waals surface area contributed by atoms with E-state index < -0.39 is 0 Å². The van der Waals surface area contributed by atoms with Crippen LogP contribution in [0.4, 0.5) is 0 Å². The largest absolute Gasteiger partial charge is 0.349 e. The molecule has 0 aliphatic carbocycles. The minimum Gasteiger partial charge on any atom is -0.349 e. The van der Waals surface area contributed by atoms with Gasteiger partial charge in [-0.25, -0.2) is 4.98 Å². The molecule has 1 saturated heterocycles. The van der Waals surface area contributed by atoms with Crippen molar-refractivity contribution >= 4 is 17.5 Å². The van der Waals surface area contributed by atoms with Gasteiger partial charge >= 0.3 is 0 Å². The van der Waals surface area contributed by atoms with Crippen molar-refractivity contribution in [1.82, 2.24) is 24.5 Å². The molecule has 7 heteroatoms. The van der Waals surface area contributed by atoms with E-state index in [4.69, 9.17) is 0 Å². The molecule has 2 amide bonds. The standard InChI is InChI=1S/C23H27N5O2/c1-18(29)24-21(19-7-3-2-4-8-19)15-23(30)27-13-11-26(12-14-27)16-20-17-28-10-6-5-9-22(28)25-20/h2-10,17,21H,11-16H2,1H3,(H,24,29). The monoisotopic (exact) mass is 405 g/mol. The van der Waals surface area contributed by atoms with Crippen LogP contribution in [0.2, 0.25) is 0 Å². The Bertz CT molecular complexity index is 976. The van der Waals surface area contributed by atoms with Gasteiger partial charge in [-0.15, -0.1) is 0 Å². The van der Waals surface area contributed by atoms with Crippen molar-refractivity contribution in [3.8, 4) is 0 Å². The van der Waals surface area contributed by atoms with Gasteiger partial charge in [0, 0.05) is 52.0 Å². The normalized spacial score (nSPS) is 15.8. The second kappa shape index (κ2) is 9.09. The molecule has 3 heterocycles. The first kappa shape index (κ1) is 20.1. The Morgan fingerprint density at radius 2 is 1.77 bits per heavy atom. The van der Waals surface area contributed by atoms with Gasteiger partial charge in [-0.1, -0.05) is 36.4 Å². The maximum Gasteiger partial charge on any atom is 0.225 e. The molecule has 7 nitrogen and oxygen atoms in total. The molecule has 3 aromatic rings. The number of nitrogens with one attached hydrogen (secondary N) is 1. The number of nitrogens with zero attached hydrogens (tertiary/aromatic N) is 4. The number of pyridine rings is 1. The van der Waals surface area contributed by atoms with E-state index in [1.165, 1.54) is 6.92 Å². The zero-order valence-corrected chi connectivity index (χ0v) is 17.2. The first-order chi connectivity index (χ1) is 14.6. The number of benzene rings is 1. The van der Waals surface area contributed by atoms with E-state index in [1.54, 1.807) is 0 Å². The summed E-state index contributed by atoms with van der Waals surface area (Å²) in [4.78, 5) is 33.4. The zero-order valence-electron chi connectivity index (χ0n) is 17.2. The summed E-state index contributed by atoms with van der Waals surface area (Å²) in [5.41, 5.74) is 2.94. The Kier molecular flexibility index (Phi) is 6.09. The molecule has 156 valence electrons. The summed E-state index contributed by atoms with van der Waals surface area (Å²) in [7, 11) is 0. The van der Waals surface area contributed by atoms with Crippen LogP contribution in [-0.2, 0) is 16.1 Å². The Morgan fingerprint density at radius 3 is 2.47 bits per heavy atom. The van der Waals surface area contributed by atoms with E-state index in [1.807, 2.05) is 64.0 Å². The average molecular weight is 406 g/mol. The first-order valence-electron chi connectivity index (χ1n) is 10.3. The fourth-order valence-electron chi connectivity index (χ4n) is 3.93. The lowest BCUT2D eigenvalue weighted by Gasteiger charge is -2.35. The number of amides is 2. The minimum atomic E-state index is -0.299. The molecule has 0 spiro atoms. The molecule has 1 atom stereocenters. The number of aromatic nitrogens is 2. The van der Waals surface area contributed by atoms with Crippen molar-refractivity contribution in [3.05, 3.63) is 72.2 Å². The van der Waals surface area contributed by atoms with Crippen molar-refractivity contribution in [1.29, 1.82) is 0 Å². The van der Waals surface area contributed by atoms with E-state index in [0.717, 1.165) is 36.5 Å². The molecule has 1 aromatic carbocycles. The van der Waals surface area contributed by atoms with E-state index in [2.05, 4.69) is 21.4 Å². The van der Waals surface area contributed by atoms with Crippen LogP contribution < -0.4 is 5.32 Å². The summed E-state index contributed by atoms with van der Waals surface area (Å²) < 4.78 is 2.03. The number of fused-ring (bicyclic) bond motifs is 1. The lowest BCUT2D eigenvalue weighted by Crippen LogP contribution is -2.49. The van der Waals surface area contributed by atoms with Gasteiger partial charge in [-0.2, -0.15) is 0 Å². The van der Waals surface area contributed by atoms with Crippen LogP contribution >= 0.6 is 0 Å². The molecular weight excluding hydrogens is 378 g/mol. The van der Waals surface area contributed by atoms with E-state index in [0.29, 0.717) is 13.1 Å². The second-order valence-corrected chi connectivity index (χ2v) is 7.72. The SMILES string of the molecule is CC(=O)NC(CC(=O)N1CCN(Cc2cn3ccccc3n2)CC1)c1ccccc1. The summed E-state index contributed by atoms with van der Waals surface area (Å²) in [6, 6.07) is 15.3. The molecule has 1 fully saturated rings. The smallest absolute Gasteiger partial charge is 0.225 e. The van der Waals surface area contributed by atoms with Gasteiger partial charge in [0.2, 0.25) is 11.8 Å². The predicted octanol–water partition coefficient (Wildman–Crippen LogP) is 2.25. The second-order valence-electron chi connectivity index (χ2n) is 7.72. The number of carbonyl (C=O) groups is 2. The third-order valence-corrected chi connectivity index (χ3v) is 5.48. The van der Waals surface area contributed by atoms with Crippen molar-refractivity contribution in [2.24, 2.45) is 0 Å². The molecule has 1 N–H and O–H groups in total. The third-order valence-electron chi connectivity index (χ3n) is 5.48. The molecule has 2 aromatic heterocycles. The van der Waals surface area contributed by atoms with Gasteiger partial charge in [0.15, 0.2) is 0 Å². The van der Waals surface area contributed by atoms with Crippen LogP contribution in [-0.4, -0.2) is 57.2 Å². The van der Waals surface area contributed by atoms with E-state index in [-0.39, 0.29) is 24.3 Å². The predicted molar refractivity (Wildman–Crippen MR) is 115 cm³/mol. The average Bonchev–Trinajstić information content (AvgIpc) is 3.16. The number of hydrogen-bond donors (Lipinski definition) is 1. The maximum atomic E-state index is 12.9. The maximum absolute atomic E-state index is 12.9. The molecular formula is C23H27N5O2. The Labute approximate surface area is 176 Å². The molecule has 30 heavy (non-hydrogen) atoms. The van der Waals surface area contributed by atoms with Crippen LogP contribution in [0, 0.1) is 0 Å². The van der Waals surface area contributed by atoms with Crippen LogP contribution in [0.1, 0.15) is 30.6 Å². The number of imidazole rings is 1. The van der Waals surface area contributed by atoms with Crippen LogP contribution in [0.3, 0.4) is 0 Å². The topological polar surface area (TPSA) is 70.0 Å². The Morgan fingerprint density at radius 1 is 1.03 bits per heavy atom. The van der Waals surface area contributed by atoms with Crippen LogP contribution in [0.15, 0.2) is 60.9 Å². The number of hydrogen-bond acceptors (Lipinski definition) is 4. The van der Waals surface area contributed by atoms with Gasteiger partial charge in [0.25, 0.3) is 0 Å². The molecule has 0 saturated carbocycles. The molecule has 1 aliphatic heterocycles. The fourth-order valence-corrected chi connectivity index (χ4v) is 3.93.